The number of rotatable bonds is 2. The van der Waals surface area contributed by atoms with Crippen molar-refractivity contribution in [1.82, 2.24) is 0 Å². The number of hydrogen-bond donors (Lipinski definition) is 0. The predicted octanol–water partition coefficient (Wildman–Crippen LogP) is 4.49. The molecule has 0 amide bonds. The Morgan fingerprint density at radius 1 is 1.13 bits per heavy atom. The fourth-order valence-electron chi connectivity index (χ4n) is 1.26. The van der Waals surface area contributed by atoms with Crippen molar-refractivity contribution in [2.75, 3.05) is 0 Å². The summed E-state index contributed by atoms with van der Waals surface area (Å²) in [6.07, 6.45) is 1.88. The van der Waals surface area contributed by atoms with Crippen LogP contribution >= 0.6 is 22.7 Å². The standard InChI is InChI=1S/C13H10S2/c1-3-5-11-7-9-13(15-11)12-8-6-10(4-2)14-12/h4,6-9H,2H2,1H3. The maximum Gasteiger partial charge on any atom is 0.0775 e. The van der Waals surface area contributed by atoms with Crippen molar-refractivity contribution in [3.05, 3.63) is 40.6 Å². The molecule has 0 unspecified atom stereocenters. The van der Waals surface area contributed by atoms with Gasteiger partial charge in [-0.3, -0.25) is 0 Å². The first-order valence-corrected chi connectivity index (χ1v) is 6.22. The van der Waals surface area contributed by atoms with Crippen molar-refractivity contribution in [2.24, 2.45) is 0 Å². The smallest absolute Gasteiger partial charge is 0.0775 e. The van der Waals surface area contributed by atoms with Crippen molar-refractivity contribution in [3.8, 4) is 21.6 Å². The Bertz CT molecular complexity index is 532. The van der Waals surface area contributed by atoms with Crippen molar-refractivity contribution >= 4 is 28.7 Å². The van der Waals surface area contributed by atoms with Gasteiger partial charge in [-0.05, 0) is 31.2 Å². The predicted molar refractivity (Wildman–Crippen MR) is 70.3 cm³/mol. The summed E-state index contributed by atoms with van der Waals surface area (Å²) in [4.78, 5) is 4.91. The van der Waals surface area contributed by atoms with Gasteiger partial charge in [0.15, 0.2) is 0 Å². The second-order valence-corrected chi connectivity index (χ2v) is 5.14. The lowest BCUT2D eigenvalue weighted by Gasteiger charge is -1.87. The molecule has 0 atom stereocenters. The van der Waals surface area contributed by atoms with E-state index < -0.39 is 0 Å². The molecule has 15 heavy (non-hydrogen) atoms. The zero-order valence-corrected chi connectivity index (χ0v) is 10.0. The molecule has 2 aromatic rings. The molecule has 0 N–H and O–H groups in total. The van der Waals surface area contributed by atoms with Gasteiger partial charge in [-0.1, -0.05) is 18.6 Å². The highest BCUT2D eigenvalue weighted by molar-refractivity contribution is 7.22. The molecular weight excluding hydrogens is 220 g/mol. The molecule has 2 rings (SSSR count). The normalized spacial score (nSPS) is 9.40. The van der Waals surface area contributed by atoms with E-state index in [0.717, 1.165) is 4.88 Å². The van der Waals surface area contributed by atoms with Crippen molar-refractivity contribution in [1.29, 1.82) is 0 Å². The minimum absolute atomic E-state index is 1.13. The second kappa shape index (κ2) is 4.48. The van der Waals surface area contributed by atoms with E-state index in [4.69, 9.17) is 0 Å². The summed E-state index contributed by atoms with van der Waals surface area (Å²) in [6.45, 7) is 5.63. The van der Waals surface area contributed by atoms with E-state index in [9.17, 15) is 0 Å². The van der Waals surface area contributed by atoms with Crippen LogP contribution in [-0.2, 0) is 0 Å². The Morgan fingerprint density at radius 3 is 2.53 bits per heavy atom. The van der Waals surface area contributed by atoms with Gasteiger partial charge in [-0.25, -0.2) is 0 Å². The van der Waals surface area contributed by atoms with Gasteiger partial charge in [0.05, 0.1) is 4.88 Å². The van der Waals surface area contributed by atoms with Crippen LogP contribution in [0.4, 0.5) is 0 Å². The largest absolute Gasteiger partial charge is 0.135 e. The van der Waals surface area contributed by atoms with Gasteiger partial charge < -0.3 is 0 Å². The highest BCUT2D eigenvalue weighted by Crippen LogP contribution is 2.33. The molecule has 0 aliphatic heterocycles. The van der Waals surface area contributed by atoms with Crippen molar-refractivity contribution in [3.63, 3.8) is 0 Å². The number of hydrogen-bond acceptors (Lipinski definition) is 2. The Kier molecular flexibility index (Phi) is 3.05. The molecule has 0 bridgehead atoms. The van der Waals surface area contributed by atoms with Crippen LogP contribution < -0.4 is 0 Å². The first-order valence-electron chi connectivity index (χ1n) is 4.58. The monoisotopic (exact) mass is 230 g/mol. The first kappa shape index (κ1) is 10.2. The first-order chi connectivity index (χ1) is 7.33. The van der Waals surface area contributed by atoms with E-state index in [1.165, 1.54) is 14.6 Å². The van der Waals surface area contributed by atoms with Crippen LogP contribution in [0, 0.1) is 11.8 Å². The molecule has 0 aromatic carbocycles. The van der Waals surface area contributed by atoms with Gasteiger partial charge in [0.25, 0.3) is 0 Å². The summed E-state index contributed by atoms with van der Waals surface area (Å²) < 4.78 is 0. The molecule has 0 saturated heterocycles. The molecule has 2 aromatic heterocycles. The third kappa shape index (κ3) is 2.20. The van der Waals surface area contributed by atoms with Crippen LogP contribution in [0.25, 0.3) is 15.8 Å². The molecular formula is C13H10S2. The topological polar surface area (TPSA) is 0 Å². The molecule has 0 aliphatic rings. The van der Waals surface area contributed by atoms with Crippen LogP contribution in [0.15, 0.2) is 30.8 Å². The summed E-state index contributed by atoms with van der Waals surface area (Å²) in [6, 6.07) is 8.43. The van der Waals surface area contributed by atoms with Gasteiger partial charge in [0.1, 0.15) is 0 Å². The van der Waals surface area contributed by atoms with E-state index in [1.54, 1.807) is 22.7 Å². The lowest BCUT2D eigenvalue weighted by molar-refractivity contribution is 1.86. The minimum atomic E-state index is 1.13. The van der Waals surface area contributed by atoms with E-state index in [0.29, 0.717) is 0 Å². The van der Waals surface area contributed by atoms with Crippen LogP contribution in [0.2, 0.25) is 0 Å². The average Bonchev–Trinajstić information content (AvgIpc) is 2.85. The van der Waals surface area contributed by atoms with Crippen molar-refractivity contribution < 1.29 is 0 Å². The maximum atomic E-state index is 3.76. The van der Waals surface area contributed by atoms with E-state index in [1.807, 2.05) is 13.0 Å². The van der Waals surface area contributed by atoms with Gasteiger partial charge in [0, 0.05) is 14.6 Å². The summed E-state index contributed by atoms with van der Waals surface area (Å²) in [5.41, 5.74) is 0. The van der Waals surface area contributed by atoms with Crippen molar-refractivity contribution in [2.45, 2.75) is 6.92 Å². The Labute approximate surface area is 97.9 Å². The molecule has 0 radical (unpaired) electrons. The van der Waals surface area contributed by atoms with Crippen LogP contribution in [0.5, 0.6) is 0 Å². The fourth-order valence-corrected chi connectivity index (χ4v) is 3.11. The molecule has 2 heterocycles. The highest BCUT2D eigenvalue weighted by atomic mass is 32.1. The lowest BCUT2D eigenvalue weighted by Crippen LogP contribution is -1.57. The summed E-state index contributed by atoms with van der Waals surface area (Å²) in [5, 5.41) is 0. The summed E-state index contributed by atoms with van der Waals surface area (Å²) >= 11 is 3.50. The van der Waals surface area contributed by atoms with Gasteiger partial charge >= 0.3 is 0 Å². The second-order valence-electron chi connectivity index (χ2n) is 2.95. The molecule has 0 nitrogen and oxygen atoms in total. The van der Waals surface area contributed by atoms with E-state index in [2.05, 4.69) is 42.7 Å². The summed E-state index contributed by atoms with van der Waals surface area (Å²) in [7, 11) is 0. The molecule has 0 fully saturated rings. The zero-order chi connectivity index (χ0) is 10.7. The lowest BCUT2D eigenvalue weighted by atomic mass is 10.3. The highest BCUT2D eigenvalue weighted by Gasteiger charge is 2.03. The molecule has 2 heteroatoms. The average molecular weight is 230 g/mol. The Hall–Kier alpha value is -1.30. The van der Waals surface area contributed by atoms with E-state index in [-0.39, 0.29) is 0 Å². The maximum absolute atomic E-state index is 3.76. The van der Waals surface area contributed by atoms with Crippen LogP contribution in [-0.4, -0.2) is 0 Å². The van der Waals surface area contributed by atoms with Crippen LogP contribution in [0.1, 0.15) is 16.7 Å². The van der Waals surface area contributed by atoms with Gasteiger partial charge in [-0.15, -0.1) is 28.6 Å². The Morgan fingerprint density at radius 2 is 1.87 bits per heavy atom. The fraction of sp³-hybridized carbons (Fsp3) is 0.0769. The molecule has 0 aliphatic carbocycles. The quantitative estimate of drug-likeness (QED) is 0.667. The van der Waals surface area contributed by atoms with Crippen LogP contribution in [0.3, 0.4) is 0 Å². The molecule has 0 spiro atoms. The zero-order valence-electron chi connectivity index (χ0n) is 8.41. The summed E-state index contributed by atoms with van der Waals surface area (Å²) in [5.74, 6) is 5.98. The third-order valence-corrected chi connectivity index (χ3v) is 4.20. The van der Waals surface area contributed by atoms with Gasteiger partial charge in [-0.2, -0.15) is 0 Å². The van der Waals surface area contributed by atoms with Gasteiger partial charge in [0.2, 0.25) is 0 Å². The molecule has 0 saturated carbocycles. The Balaban J connectivity index is 2.35. The minimum Gasteiger partial charge on any atom is -0.135 e. The third-order valence-electron chi connectivity index (χ3n) is 1.93. The SMILES string of the molecule is C=Cc1ccc(-c2ccc(C#CC)s2)s1. The number of thiophene rings is 2. The van der Waals surface area contributed by atoms with E-state index >= 15 is 0 Å². The molecule has 74 valence electrons.